The number of carbonyl (C=O) groups excluding carboxylic acids is 2. The van der Waals surface area contributed by atoms with E-state index in [0.717, 1.165) is 61.9 Å². The van der Waals surface area contributed by atoms with Gasteiger partial charge >= 0.3 is 0 Å². The van der Waals surface area contributed by atoms with E-state index in [0.29, 0.717) is 32.6 Å². The fraction of sp³-hybridized carbons (Fsp3) is 0.724. The number of halogens is 2. The molecule has 2 aromatic rings. The van der Waals surface area contributed by atoms with Gasteiger partial charge in [0.15, 0.2) is 17.3 Å². The van der Waals surface area contributed by atoms with Crippen LogP contribution in [0.15, 0.2) is 12.4 Å². The van der Waals surface area contributed by atoms with E-state index in [1.165, 1.54) is 25.7 Å². The van der Waals surface area contributed by atoms with E-state index in [2.05, 4.69) is 25.6 Å². The minimum atomic E-state index is -1.21. The van der Waals surface area contributed by atoms with Crippen LogP contribution in [0.25, 0.3) is 5.65 Å². The minimum absolute atomic E-state index is 0.0561. The number of nitrogen functional groups attached to an aromatic ring is 1. The maximum atomic E-state index is 17.2. The van der Waals surface area contributed by atoms with Gasteiger partial charge in [-0.2, -0.15) is 0 Å². The number of nitrogens with two attached hydrogens (primary N) is 1. The molecule has 41 heavy (non-hydrogen) atoms. The second kappa shape index (κ2) is 11.8. The predicted molar refractivity (Wildman–Crippen MR) is 151 cm³/mol. The third kappa shape index (κ3) is 5.52. The summed E-state index contributed by atoms with van der Waals surface area (Å²) in [6.07, 6.45) is 12.8. The van der Waals surface area contributed by atoms with Crippen molar-refractivity contribution in [3.05, 3.63) is 23.8 Å². The lowest BCUT2D eigenvalue weighted by Gasteiger charge is -2.54. The lowest BCUT2D eigenvalue weighted by atomic mass is 9.74. The summed E-state index contributed by atoms with van der Waals surface area (Å²) in [7, 11) is 0. The summed E-state index contributed by atoms with van der Waals surface area (Å²) in [5.41, 5.74) is 5.63. The predicted octanol–water partition coefficient (Wildman–Crippen LogP) is 2.82. The van der Waals surface area contributed by atoms with Crippen LogP contribution in [0, 0.1) is 5.82 Å². The zero-order valence-electron chi connectivity index (χ0n) is 23.7. The van der Waals surface area contributed by atoms with Crippen LogP contribution in [-0.2, 0) is 4.79 Å². The zero-order chi connectivity index (χ0) is 28.6. The van der Waals surface area contributed by atoms with Crippen LogP contribution in [0.2, 0.25) is 0 Å². The Balaban J connectivity index is 1.28. The van der Waals surface area contributed by atoms with Gasteiger partial charge in [-0.25, -0.2) is 18.3 Å². The van der Waals surface area contributed by atoms with Crippen molar-refractivity contribution in [2.45, 2.75) is 107 Å². The molecule has 1 spiro atoms. The largest absolute Gasteiger partial charge is 0.381 e. The number of anilines is 1. The van der Waals surface area contributed by atoms with Gasteiger partial charge < -0.3 is 21.3 Å². The van der Waals surface area contributed by atoms with Crippen LogP contribution in [0.1, 0.15) is 87.4 Å². The van der Waals surface area contributed by atoms with Gasteiger partial charge in [-0.3, -0.25) is 14.5 Å². The van der Waals surface area contributed by atoms with Crippen LogP contribution in [0.4, 0.5) is 14.6 Å². The number of carbonyl (C=O) groups is 2. The van der Waals surface area contributed by atoms with Crippen molar-refractivity contribution >= 4 is 23.3 Å². The third-order valence-corrected chi connectivity index (χ3v) is 9.87. The molecule has 4 N–H and O–H groups in total. The molecular weight excluding hydrogens is 530 g/mol. The molecule has 0 radical (unpaired) electrons. The highest BCUT2D eigenvalue weighted by molar-refractivity contribution is 6.04. The topological polar surface area (TPSA) is 121 Å². The van der Waals surface area contributed by atoms with E-state index in [-0.39, 0.29) is 29.0 Å². The first kappa shape index (κ1) is 28.3. The molecule has 0 aromatic carbocycles. The monoisotopic (exact) mass is 572 g/mol. The van der Waals surface area contributed by atoms with Crippen LogP contribution >= 0.6 is 0 Å². The standard InChI is InChI=1S/C29H42F2N8O2/c30-19-15-33-27-23(26(32)36-39(27)17-19)28(41)35-21-16-34-29(11-7-5-3-1-2-4-6-8-12-29)25(31)24(21)37-13-14-38-20(18-37)9-10-22(38)40/h15,17,20-21,24-25,34H,1-14,16,18H2,(H2,32,36)(H,35,41)/t20-,21?,24?,25?/m1/s1. The van der Waals surface area contributed by atoms with Gasteiger partial charge in [-0.15, -0.1) is 5.10 Å². The van der Waals surface area contributed by atoms with Crippen molar-refractivity contribution < 1.29 is 18.4 Å². The van der Waals surface area contributed by atoms with Gasteiger partial charge in [0.25, 0.3) is 5.91 Å². The molecule has 12 heteroatoms. The van der Waals surface area contributed by atoms with Crippen molar-refractivity contribution in [1.82, 2.24) is 35.0 Å². The van der Waals surface area contributed by atoms with E-state index >= 15 is 4.39 Å². The Kier molecular flexibility index (Phi) is 8.13. The Morgan fingerprint density at radius 2 is 1.80 bits per heavy atom. The summed E-state index contributed by atoms with van der Waals surface area (Å²) in [4.78, 5) is 34.2. The molecule has 4 atom stereocenters. The Labute approximate surface area is 239 Å². The molecule has 1 saturated carbocycles. The van der Waals surface area contributed by atoms with Crippen LogP contribution < -0.4 is 16.4 Å². The van der Waals surface area contributed by atoms with Crippen LogP contribution in [-0.4, -0.2) is 92.2 Å². The van der Waals surface area contributed by atoms with Crippen LogP contribution in [0.5, 0.6) is 0 Å². The molecule has 1 aliphatic carbocycles. The average Bonchev–Trinajstić information content (AvgIpc) is 3.47. The molecule has 3 saturated heterocycles. The first-order valence-electron chi connectivity index (χ1n) is 15.4. The van der Waals surface area contributed by atoms with E-state index in [4.69, 9.17) is 5.73 Å². The molecule has 2 amide bonds. The molecular formula is C29H42F2N8O2. The average molecular weight is 573 g/mol. The molecule has 4 aliphatic rings. The summed E-state index contributed by atoms with van der Waals surface area (Å²) >= 11 is 0. The zero-order valence-corrected chi connectivity index (χ0v) is 23.7. The Hall–Kier alpha value is -2.86. The number of piperazine rings is 1. The minimum Gasteiger partial charge on any atom is -0.381 e. The SMILES string of the molecule is Nc1nn2cc(F)cnc2c1C(=O)NC1CNC2(CCCCCCCCCC2)C(F)C1N1CCN2C(=O)CC[C@@H]2C1. The first-order chi connectivity index (χ1) is 19.9. The van der Waals surface area contributed by atoms with Crippen molar-refractivity contribution in [2.75, 3.05) is 31.9 Å². The second-order valence-corrected chi connectivity index (χ2v) is 12.4. The molecule has 3 unspecified atom stereocenters. The molecule has 3 aliphatic heterocycles. The number of nitrogens with zero attached hydrogens (tertiary/aromatic N) is 5. The van der Waals surface area contributed by atoms with Gasteiger partial charge in [0.05, 0.1) is 30.0 Å². The van der Waals surface area contributed by atoms with E-state index in [1.54, 1.807) is 0 Å². The molecule has 4 fully saturated rings. The highest BCUT2D eigenvalue weighted by Gasteiger charge is 2.53. The van der Waals surface area contributed by atoms with Gasteiger partial charge in [-0.05, 0) is 19.3 Å². The quantitative estimate of drug-likeness (QED) is 0.517. The van der Waals surface area contributed by atoms with Crippen molar-refractivity contribution in [2.24, 2.45) is 0 Å². The highest BCUT2D eigenvalue weighted by atomic mass is 19.1. The maximum Gasteiger partial charge on any atom is 0.259 e. The number of hydrogen-bond donors (Lipinski definition) is 3. The Morgan fingerprint density at radius 3 is 2.54 bits per heavy atom. The Morgan fingerprint density at radius 1 is 1.10 bits per heavy atom. The lowest BCUT2D eigenvalue weighted by molar-refractivity contribution is -0.132. The number of fused-ring (bicyclic) bond motifs is 2. The molecule has 0 bridgehead atoms. The number of amides is 2. The van der Waals surface area contributed by atoms with Crippen molar-refractivity contribution in [3.63, 3.8) is 0 Å². The number of rotatable bonds is 3. The molecule has 5 heterocycles. The summed E-state index contributed by atoms with van der Waals surface area (Å²) in [5, 5.41) is 10.7. The van der Waals surface area contributed by atoms with Gasteiger partial charge in [0.2, 0.25) is 5.91 Å². The number of hydrogen-bond acceptors (Lipinski definition) is 7. The molecule has 224 valence electrons. The number of aromatic nitrogens is 3. The fourth-order valence-corrected chi connectivity index (χ4v) is 7.70. The second-order valence-electron chi connectivity index (χ2n) is 12.4. The highest BCUT2D eigenvalue weighted by Crippen LogP contribution is 2.38. The van der Waals surface area contributed by atoms with Crippen molar-refractivity contribution in [1.29, 1.82) is 0 Å². The normalized spacial score (nSPS) is 29.8. The smallest absolute Gasteiger partial charge is 0.259 e. The van der Waals surface area contributed by atoms with Crippen molar-refractivity contribution in [3.8, 4) is 0 Å². The molecule has 6 rings (SSSR count). The number of alkyl halides is 1. The van der Waals surface area contributed by atoms with E-state index in [1.807, 2.05) is 4.90 Å². The lowest BCUT2D eigenvalue weighted by Crippen LogP contribution is -2.74. The van der Waals surface area contributed by atoms with Gasteiger partial charge in [0, 0.05) is 38.6 Å². The summed E-state index contributed by atoms with van der Waals surface area (Å²) in [5.74, 6) is -0.988. The molecule has 2 aromatic heterocycles. The van der Waals surface area contributed by atoms with Gasteiger partial charge in [0.1, 0.15) is 11.7 Å². The number of nitrogens with one attached hydrogen (secondary N) is 2. The number of piperidine rings is 1. The van der Waals surface area contributed by atoms with Crippen LogP contribution in [0.3, 0.4) is 0 Å². The summed E-state index contributed by atoms with van der Waals surface area (Å²) < 4.78 is 32.1. The fourth-order valence-electron chi connectivity index (χ4n) is 7.70. The third-order valence-electron chi connectivity index (χ3n) is 9.87. The first-order valence-corrected chi connectivity index (χ1v) is 15.4. The molecule has 10 nitrogen and oxygen atoms in total. The summed E-state index contributed by atoms with van der Waals surface area (Å²) in [6.45, 7) is 2.15. The van der Waals surface area contributed by atoms with E-state index < -0.39 is 35.5 Å². The summed E-state index contributed by atoms with van der Waals surface area (Å²) in [6, 6.07) is -1.02. The van der Waals surface area contributed by atoms with E-state index in [9.17, 15) is 14.0 Å². The maximum absolute atomic E-state index is 17.2. The Bertz CT molecular complexity index is 1260. The van der Waals surface area contributed by atoms with Gasteiger partial charge in [-0.1, -0.05) is 51.4 Å².